The molecule has 0 spiro atoms. The van der Waals surface area contributed by atoms with Crippen molar-refractivity contribution in [2.75, 3.05) is 14.2 Å². The third kappa shape index (κ3) is 7.48. The van der Waals surface area contributed by atoms with Gasteiger partial charge in [-0.2, -0.15) is 36.3 Å². The van der Waals surface area contributed by atoms with Crippen LogP contribution in [0.25, 0.3) is 17.5 Å². The second kappa shape index (κ2) is 12.7. The molecule has 0 N–H and O–H groups in total. The number of ether oxygens (including phenoxy) is 2. The third-order valence-corrected chi connectivity index (χ3v) is 7.52. The number of carbonyl (C=O) groups excluding carboxylic acids is 1. The number of hydrogen-bond donors (Lipinski definition) is 0. The summed E-state index contributed by atoms with van der Waals surface area (Å²) >= 11 is 1.11. The molecule has 0 radical (unpaired) electrons. The zero-order valence-electron chi connectivity index (χ0n) is 23.4. The predicted molar refractivity (Wildman–Crippen MR) is 153 cm³/mol. The molecule has 3 aromatic carbocycles. The number of nitrogens with zero attached hydrogens (tertiary/aromatic N) is 4. The van der Waals surface area contributed by atoms with Crippen LogP contribution >= 0.6 is 11.8 Å². The van der Waals surface area contributed by atoms with Crippen LogP contribution in [0, 0.1) is 0 Å². The fourth-order valence-electron chi connectivity index (χ4n) is 4.20. The van der Waals surface area contributed by atoms with Crippen LogP contribution in [-0.2, 0) is 30.3 Å². The highest BCUT2D eigenvalue weighted by Crippen LogP contribution is 2.39. The summed E-state index contributed by atoms with van der Waals surface area (Å²) in [6.45, 7) is -0.477. The SMILES string of the molecule is COc1cc(/C=C2\SC(N(C)Cc3nc(-c4ccccc4)no3)=NC2=O)ccc1OCc1ccc(C(F)(F)F)cc1C(F)(F)F. The number of amides is 1. The molecule has 0 bridgehead atoms. The van der Waals surface area contributed by atoms with Gasteiger partial charge in [-0.25, -0.2) is 0 Å². The van der Waals surface area contributed by atoms with Crippen molar-refractivity contribution >= 4 is 28.9 Å². The predicted octanol–water partition coefficient (Wildman–Crippen LogP) is 7.46. The average molecular weight is 649 g/mol. The van der Waals surface area contributed by atoms with E-state index in [2.05, 4.69) is 15.1 Å². The summed E-state index contributed by atoms with van der Waals surface area (Å²) in [5.41, 5.74) is -2.06. The Kier molecular flexibility index (Phi) is 8.91. The zero-order chi connectivity index (χ0) is 32.4. The van der Waals surface area contributed by atoms with Crippen LogP contribution in [0.3, 0.4) is 0 Å². The molecule has 8 nitrogen and oxygen atoms in total. The minimum absolute atomic E-state index is 0.0455. The Morgan fingerprint density at radius 1 is 0.956 bits per heavy atom. The van der Waals surface area contributed by atoms with Crippen LogP contribution in [0.4, 0.5) is 26.3 Å². The van der Waals surface area contributed by atoms with Gasteiger partial charge in [-0.05, 0) is 47.7 Å². The van der Waals surface area contributed by atoms with E-state index >= 15 is 0 Å². The number of alkyl halides is 6. The van der Waals surface area contributed by atoms with Gasteiger partial charge in [0.25, 0.3) is 5.91 Å². The van der Waals surface area contributed by atoms with Gasteiger partial charge in [0.05, 0.1) is 29.7 Å². The quantitative estimate of drug-likeness (QED) is 0.144. The van der Waals surface area contributed by atoms with Gasteiger partial charge < -0.3 is 18.9 Å². The number of thioether (sulfide) groups is 1. The Bertz CT molecular complexity index is 1770. The molecule has 15 heteroatoms. The minimum Gasteiger partial charge on any atom is -0.493 e. The lowest BCUT2D eigenvalue weighted by Gasteiger charge is -2.17. The number of halogens is 6. The molecule has 1 aliphatic rings. The van der Waals surface area contributed by atoms with Crippen LogP contribution in [0.5, 0.6) is 11.5 Å². The van der Waals surface area contributed by atoms with Crippen molar-refractivity contribution in [3.8, 4) is 22.9 Å². The first-order valence-electron chi connectivity index (χ1n) is 13.0. The molecule has 5 rings (SSSR count). The average Bonchev–Trinajstić information content (AvgIpc) is 3.62. The summed E-state index contributed by atoms with van der Waals surface area (Å²) in [7, 11) is 3.02. The second-order valence-electron chi connectivity index (χ2n) is 9.61. The highest BCUT2D eigenvalue weighted by molar-refractivity contribution is 8.18. The molecule has 0 unspecified atom stereocenters. The van der Waals surface area contributed by atoms with Crippen molar-refractivity contribution in [3.63, 3.8) is 0 Å². The number of amidine groups is 1. The molecule has 0 aliphatic carbocycles. The first kappa shape index (κ1) is 31.6. The van der Waals surface area contributed by atoms with E-state index < -0.39 is 41.6 Å². The summed E-state index contributed by atoms with van der Waals surface area (Å²) in [6.07, 6.45) is -8.41. The molecular weight excluding hydrogens is 626 g/mol. The van der Waals surface area contributed by atoms with Crippen LogP contribution in [0.2, 0.25) is 0 Å². The van der Waals surface area contributed by atoms with E-state index in [1.165, 1.54) is 19.2 Å². The summed E-state index contributed by atoms with van der Waals surface area (Å²) in [6, 6.07) is 15.1. The Hall–Kier alpha value is -4.79. The van der Waals surface area contributed by atoms with Gasteiger partial charge in [0.15, 0.2) is 16.7 Å². The van der Waals surface area contributed by atoms with Gasteiger partial charge in [-0.3, -0.25) is 4.79 Å². The van der Waals surface area contributed by atoms with Crippen molar-refractivity contribution in [2.45, 2.75) is 25.5 Å². The fourth-order valence-corrected chi connectivity index (χ4v) is 5.07. The molecule has 0 saturated heterocycles. The lowest BCUT2D eigenvalue weighted by atomic mass is 10.0. The molecule has 0 saturated carbocycles. The van der Waals surface area contributed by atoms with E-state index in [1.54, 1.807) is 24.1 Å². The van der Waals surface area contributed by atoms with E-state index in [9.17, 15) is 31.1 Å². The summed E-state index contributed by atoms with van der Waals surface area (Å²) in [5.74, 6) is 0.439. The molecule has 45 heavy (non-hydrogen) atoms. The van der Waals surface area contributed by atoms with Gasteiger partial charge in [0, 0.05) is 18.2 Å². The monoisotopic (exact) mass is 648 g/mol. The Morgan fingerprint density at radius 2 is 1.71 bits per heavy atom. The number of benzene rings is 3. The Labute approximate surface area is 256 Å². The number of hydrogen-bond acceptors (Lipinski definition) is 8. The molecular formula is C30H22F6N4O4S. The number of rotatable bonds is 8. The number of carbonyl (C=O) groups is 1. The number of aromatic nitrogens is 2. The number of aliphatic imine (C=N–C) groups is 1. The van der Waals surface area contributed by atoms with Crippen molar-refractivity contribution in [3.05, 3.63) is 99.8 Å². The fraction of sp³-hybridized carbons (Fsp3) is 0.200. The summed E-state index contributed by atoms with van der Waals surface area (Å²) < 4.78 is 95.6. The van der Waals surface area contributed by atoms with E-state index in [4.69, 9.17) is 14.0 Å². The van der Waals surface area contributed by atoms with E-state index in [0.717, 1.165) is 23.4 Å². The first-order valence-corrected chi connectivity index (χ1v) is 13.8. The Morgan fingerprint density at radius 3 is 2.40 bits per heavy atom. The smallest absolute Gasteiger partial charge is 0.416 e. The minimum atomic E-state index is -5.03. The molecule has 2 heterocycles. The van der Waals surface area contributed by atoms with Crippen molar-refractivity contribution in [1.82, 2.24) is 15.0 Å². The maximum Gasteiger partial charge on any atom is 0.416 e. The van der Waals surface area contributed by atoms with Crippen LogP contribution in [-0.4, -0.2) is 40.3 Å². The molecule has 1 aliphatic heterocycles. The molecule has 0 atom stereocenters. The first-order chi connectivity index (χ1) is 21.3. The van der Waals surface area contributed by atoms with E-state index in [1.807, 2.05) is 30.3 Å². The van der Waals surface area contributed by atoms with Crippen LogP contribution in [0.15, 0.2) is 81.2 Å². The van der Waals surface area contributed by atoms with Crippen molar-refractivity contribution in [1.29, 1.82) is 0 Å². The molecule has 1 aromatic heterocycles. The summed E-state index contributed by atoms with van der Waals surface area (Å²) in [4.78, 5) is 23.1. The van der Waals surface area contributed by atoms with Crippen LogP contribution < -0.4 is 9.47 Å². The Balaban J connectivity index is 1.26. The maximum atomic E-state index is 13.5. The standard InChI is InChI=1S/C30H22F6N4O4S/c1-40(15-25-37-26(39-44-25)18-6-4-3-5-7-18)28-38-27(41)24(45-28)13-17-8-11-22(23(12-17)42-2)43-16-19-9-10-20(29(31,32)33)14-21(19)30(34,35)36/h3-14H,15-16H2,1-2H3/b24-13-. The molecule has 0 fully saturated rings. The normalized spacial score (nSPS) is 14.5. The number of methoxy groups -OCH3 is 1. The molecule has 1 amide bonds. The summed E-state index contributed by atoms with van der Waals surface area (Å²) in [5, 5.41) is 4.38. The lowest BCUT2D eigenvalue weighted by molar-refractivity contribution is -0.143. The van der Waals surface area contributed by atoms with Gasteiger partial charge in [0.2, 0.25) is 11.7 Å². The van der Waals surface area contributed by atoms with Gasteiger partial charge in [-0.15, -0.1) is 0 Å². The maximum absolute atomic E-state index is 13.5. The topological polar surface area (TPSA) is 90.0 Å². The highest BCUT2D eigenvalue weighted by Gasteiger charge is 2.38. The zero-order valence-corrected chi connectivity index (χ0v) is 24.3. The second-order valence-corrected chi connectivity index (χ2v) is 10.6. The van der Waals surface area contributed by atoms with Crippen LogP contribution in [0.1, 0.15) is 28.1 Å². The largest absolute Gasteiger partial charge is 0.493 e. The van der Waals surface area contributed by atoms with Crippen molar-refractivity contribution < 1.29 is 45.1 Å². The van der Waals surface area contributed by atoms with Gasteiger partial charge >= 0.3 is 12.4 Å². The third-order valence-electron chi connectivity index (χ3n) is 6.42. The van der Waals surface area contributed by atoms with Crippen molar-refractivity contribution in [2.24, 2.45) is 4.99 Å². The lowest BCUT2D eigenvalue weighted by Crippen LogP contribution is -2.22. The highest BCUT2D eigenvalue weighted by atomic mass is 32.2. The molecule has 4 aromatic rings. The molecule has 234 valence electrons. The van der Waals surface area contributed by atoms with E-state index in [-0.39, 0.29) is 24.1 Å². The van der Waals surface area contributed by atoms with Gasteiger partial charge in [0.1, 0.15) is 6.61 Å². The van der Waals surface area contributed by atoms with E-state index in [0.29, 0.717) is 33.4 Å². The van der Waals surface area contributed by atoms with Gasteiger partial charge in [-0.1, -0.05) is 47.6 Å².